The smallest absolute Gasteiger partial charge is 0.249 e. The Kier molecular flexibility index (Phi) is 5.96. The van der Waals surface area contributed by atoms with Crippen molar-refractivity contribution < 1.29 is 14.3 Å². The summed E-state index contributed by atoms with van der Waals surface area (Å²) in [7, 11) is 0. The summed E-state index contributed by atoms with van der Waals surface area (Å²) >= 11 is 0. The molecule has 0 radical (unpaired) electrons. The fourth-order valence-electron chi connectivity index (χ4n) is 3.56. The molecule has 1 aromatic heterocycles. The van der Waals surface area contributed by atoms with Gasteiger partial charge in [0.25, 0.3) is 0 Å². The number of hydrogen-bond acceptors (Lipinski definition) is 3. The number of aromatic nitrogens is 3. The van der Waals surface area contributed by atoms with E-state index in [0.29, 0.717) is 35.6 Å². The van der Waals surface area contributed by atoms with Gasteiger partial charge < -0.3 is 0 Å². The highest BCUT2D eigenvalue weighted by Gasteiger charge is 2.42. The van der Waals surface area contributed by atoms with Crippen molar-refractivity contribution in [1.82, 2.24) is 9.90 Å². The van der Waals surface area contributed by atoms with Crippen LogP contribution in [0.2, 0.25) is 0 Å². The zero-order chi connectivity index (χ0) is 18.5. The molecule has 0 fully saturated rings. The molecule has 1 aliphatic carbocycles. The fourth-order valence-corrected chi connectivity index (χ4v) is 3.56. The number of carbonyl (C=O) groups excluding carboxylic acids is 2. The van der Waals surface area contributed by atoms with E-state index in [2.05, 4.69) is 19.1 Å². The van der Waals surface area contributed by atoms with Gasteiger partial charge in [-0.15, -0.1) is 9.36 Å². The summed E-state index contributed by atoms with van der Waals surface area (Å²) in [5, 5.41) is 4.64. The lowest BCUT2D eigenvalue weighted by Crippen LogP contribution is -2.43. The Balaban J connectivity index is 1.97. The number of rotatable bonds is 9. The van der Waals surface area contributed by atoms with Crippen LogP contribution in [0.3, 0.4) is 0 Å². The zero-order valence-electron chi connectivity index (χ0n) is 15.8. The summed E-state index contributed by atoms with van der Waals surface area (Å²) in [6, 6.07) is 7.11. The molecule has 1 aliphatic rings. The number of carbonyl (C=O) groups is 2. The molecule has 0 saturated carbocycles. The van der Waals surface area contributed by atoms with Crippen molar-refractivity contribution >= 4 is 11.6 Å². The first-order valence-corrected chi connectivity index (χ1v) is 9.88. The van der Waals surface area contributed by atoms with Crippen LogP contribution < -0.4 is 4.68 Å². The first kappa shape index (κ1) is 18.5. The molecule has 5 nitrogen and oxygen atoms in total. The first-order valence-electron chi connectivity index (χ1n) is 9.88. The van der Waals surface area contributed by atoms with E-state index in [1.165, 1.54) is 12.8 Å². The molecule has 0 atom stereocenters. The Hall–Kier alpha value is -2.30. The topological polar surface area (TPSA) is 55.8 Å². The lowest BCUT2D eigenvalue weighted by molar-refractivity contribution is -0.757. The van der Waals surface area contributed by atoms with Crippen LogP contribution in [0, 0.1) is 0 Å². The second-order valence-electron chi connectivity index (χ2n) is 7.00. The number of hydrogen-bond donors (Lipinski definition) is 0. The molecule has 26 heavy (non-hydrogen) atoms. The minimum Gasteiger partial charge on any atom is -0.284 e. The Bertz CT molecular complexity index is 808. The summed E-state index contributed by atoms with van der Waals surface area (Å²) < 4.78 is 3.54. The van der Waals surface area contributed by atoms with Gasteiger partial charge in [0.2, 0.25) is 23.0 Å². The predicted octanol–water partition coefficient (Wildman–Crippen LogP) is 3.72. The third kappa shape index (κ3) is 3.48. The molecule has 0 N–H and O–H groups in total. The van der Waals surface area contributed by atoms with Crippen molar-refractivity contribution in [3.8, 4) is 0 Å². The van der Waals surface area contributed by atoms with Gasteiger partial charge in [-0.3, -0.25) is 9.59 Å². The standard InChI is InChI=1S/C21H28N3O2/c1-3-5-7-11-15-24-19-18(23(22-24)14-10-6-4-2)20(25)16-12-8-9-13-17(16)21(19)26/h8-9,12-13H,3-7,10-11,14-15H2,1-2H3/q+1. The van der Waals surface area contributed by atoms with E-state index in [-0.39, 0.29) is 11.6 Å². The molecule has 5 heteroatoms. The minimum atomic E-state index is -0.0773. The number of unbranched alkanes of at least 4 members (excludes halogenated alkanes) is 5. The van der Waals surface area contributed by atoms with E-state index in [1.54, 1.807) is 21.5 Å². The Morgan fingerprint density at radius 2 is 1.54 bits per heavy atom. The molecular weight excluding hydrogens is 326 g/mol. The van der Waals surface area contributed by atoms with E-state index in [1.807, 2.05) is 12.1 Å². The molecule has 0 aliphatic heterocycles. The van der Waals surface area contributed by atoms with Crippen molar-refractivity contribution in [3.05, 3.63) is 46.8 Å². The molecule has 3 rings (SSSR count). The average Bonchev–Trinajstić information content (AvgIpc) is 3.02. The second kappa shape index (κ2) is 8.39. The Morgan fingerprint density at radius 1 is 0.885 bits per heavy atom. The summed E-state index contributed by atoms with van der Waals surface area (Å²) in [6.07, 6.45) is 7.58. The summed E-state index contributed by atoms with van der Waals surface area (Å²) in [5.41, 5.74) is 1.95. The number of fused-ring (bicyclic) bond motifs is 2. The number of benzene rings is 1. The van der Waals surface area contributed by atoms with Crippen molar-refractivity contribution in [2.24, 2.45) is 0 Å². The van der Waals surface area contributed by atoms with Crippen LogP contribution in [-0.2, 0) is 13.1 Å². The Morgan fingerprint density at radius 3 is 2.23 bits per heavy atom. The van der Waals surface area contributed by atoms with Crippen LogP contribution in [0.5, 0.6) is 0 Å². The van der Waals surface area contributed by atoms with Gasteiger partial charge in [-0.1, -0.05) is 57.4 Å². The maximum atomic E-state index is 13.1. The minimum absolute atomic E-state index is 0.0765. The van der Waals surface area contributed by atoms with Gasteiger partial charge >= 0.3 is 0 Å². The van der Waals surface area contributed by atoms with Gasteiger partial charge in [-0.2, -0.15) is 0 Å². The van der Waals surface area contributed by atoms with Gasteiger partial charge in [-0.05, 0) is 25.7 Å². The molecule has 0 bridgehead atoms. The van der Waals surface area contributed by atoms with E-state index in [9.17, 15) is 9.59 Å². The molecule has 0 saturated heterocycles. The molecule has 0 amide bonds. The third-order valence-corrected chi connectivity index (χ3v) is 5.00. The van der Waals surface area contributed by atoms with Crippen LogP contribution in [0.1, 0.15) is 90.9 Å². The molecular formula is C21H28N3O2+. The lowest BCUT2D eigenvalue weighted by atomic mass is 9.90. The summed E-state index contributed by atoms with van der Waals surface area (Å²) in [4.78, 5) is 26.2. The van der Waals surface area contributed by atoms with E-state index in [0.717, 1.165) is 32.1 Å². The van der Waals surface area contributed by atoms with Gasteiger partial charge in [-0.25, -0.2) is 0 Å². The average molecular weight is 354 g/mol. The number of ketones is 2. The largest absolute Gasteiger partial charge is 0.284 e. The number of nitrogens with zero attached hydrogens (tertiary/aromatic N) is 3. The van der Waals surface area contributed by atoms with Crippen molar-refractivity contribution in [1.29, 1.82) is 0 Å². The molecule has 1 aromatic carbocycles. The fraction of sp³-hybridized carbons (Fsp3) is 0.524. The monoisotopic (exact) mass is 354 g/mol. The zero-order valence-corrected chi connectivity index (χ0v) is 15.8. The normalized spacial score (nSPS) is 13.0. The van der Waals surface area contributed by atoms with Gasteiger partial charge in [0.1, 0.15) is 13.1 Å². The van der Waals surface area contributed by atoms with Crippen molar-refractivity contribution in [3.63, 3.8) is 0 Å². The SMILES string of the molecule is CCCCCCn1n[n+](CCCCC)c2c1C(=O)c1ccccc1C2=O. The quantitative estimate of drug-likeness (QED) is 0.435. The van der Waals surface area contributed by atoms with E-state index < -0.39 is 0 Å². The van der Waals surface area contributed by atoms with Gasteiger partial charge in [0, 0.05) is 11.1 Å². The molecule has 2 aromatic rings. The summed E-state index contributed by atoms with van der Waals surface area (Å²) in [6.45, 7) is 5.69. The van der Waals surface area contributed by atoms with Crippen molar-refractivity contribution in [2.45, 2.75) is 71.9 Å². The van der Waals surface area contributed by atoms with E-state index in [4.69, 9.17) is 0 Å². The maximum absolute atomic E-state index is 13.1. The molecule has 1 heterocycles. The van der Waals surface area contributed by atoms with Crippen LogP contribution >= 0.6 is 0 Å². The molecule has 0 spiro atoms. The van der Waals surface area contributed by atoms with Crippen LogP contribution in [0.15, 0.2) is 24.3 Å². The Labute approximate surface area is 155 Å². The van der Waals surface area contributed by atoms with Gasteiger partial charge in [0.05, 0.1) is 5.21 Å². The highest BCUT2D eigenvalue weighted by Crippen LogP contribution is 2.25. The lowest BCUT2D eigenvalue weighted by Gasteiger charge is -2.11. The van der Waals surface area contributed by atoms with Crippen LogP contribution in [0.4, 0.5) is 0 Å². The van der Waals surface area contributed by atoms with E-state index >= 15 is 0 Å². The molecule has 0 unspecified atom stereocenters. The highest BCUT2D eigenvalue weighted by molar-refractivity contribution is 6.26. The van der Waals surface area contributed by atoms with Crippen LogP contribution in [0.25, 0.3) is 0 Å². The number of aryl methyl sites for hydroxylation is 2. The maximum Gasteiger partial charge on any atom is 0.249 e. The second-order valence-corrected chi connectivity index (χ2v) is 7.00. The highest BCUT2D eigenvalue weighted by atomic mass is 16.1. The van der Waals surface area contributed by atoms with Crippen LogP contribution in [-0.4, -0.2) is 21.5 Å². The third-order valence-electron chi connectivity index (χ3n) is 5.00. The molecule has 138 valence electrons. The summed E-state index contributed by atoms with van der Waals surface area (Å²) in [5.74, 6) is -0.154. The first-order chi connectivity index (χ1) is 12.7. The predicted molar refractivity (Wildman–Crippen MR) is 99.4 cm³/mol. The van der Waals surface area contributed by atoms with Gasteiger partial charge in [0.15, 0.2) is 0 Å². The van der Waals surface area contributed by atoms with Crippen molar-refractivity contribution in [2.75, 3.05) is 0 Å².